The molecule has 0 bridgehead atoms. The van der Waals surface area contributed by atoms with Gasteiger partial charge in [0.2, 0.25) is 0 Å². The van der Waals surface area contributed by atoms with E-state index in [0.717, 1.165) is 24.8 Å². The van der Waals surface area contributed by atoms with E-state index in [1.165, 1.54) is 5.56 Å². The van der Waals surface area contributed by atoms with Crippen molar-refractivity contribution in [2.24, 2.45) is 5.73 Å². The van der Waals surface area contributed by atoms with Gasteiger partial charge >= 0.3 is 0 Å². The molecule has 1 atom stereocenters. The van der Waals surface area contributed by atoms with Crippen LogP contribution in [0.15, 0.2) is 24.3 Å². The Balaban J connectivity index is 2.35. The molecule has 80 valence electrons. The molecule has 15 heavy (non-hydrogen) atoms. The van der Waals surface area contributed by atoms with Crippen molar-refractivity contribution < 1.29 is 4.79 Å². The second-order valence-electron chi connectivity index (χ2n) is 4.47. The maximum absolute atomic E-state index is 11.9. The van der Waals surface area contributed by atoms with Crippen LogP contribution in [0.2, 0.25) is 0 Å². The van der Waals surface area contributed by atoms with E-state index in [1.807, 2.05) is 31.2 Å². The van der Waals surface area contributed by atoms with Crippen LogP contribution in [-0.4, -0.2) is 5.78 Å². The Hall–Kier alpha value is -1.15. The van der Waals surface area contributed by atoms with Gasteiger partial charge in [-0.3, -0.25) is 4.79 Å². The van der Waals surface area contributed by atoms with Crippen molar-refractivity contribution in [3.63, 3.8) is 0 Å². The fourth-order valence-corrected chi connectivity index (χ4v) is 2.21. The first-order chi connectivity index (χ1) is 7.13. The van der Waals surface area contributed by atoms with Crippen LogP contribution in [0.5, 0.6) is 0 Å². The molecule has 0 radical (unpaired) electrons. The van der Waals surface area contributed by atoms with E-state index in [-0.39, 0.29) is 5.78 Å². The summed E-state index contributed by atoms with van der Waals surface area (Å²) in [4.78, 5) is 11.9. The molecule has 0 saturated heterocycles. The summed E-state index contributed by atoms with van der Waals surface area (Å²) in [6.45, 7) is 2.04. The summed E-state index contributed by atoms with van der Waals surface area (Å²) in [5, 5.41) is 0. The highest BCUT2D eigenvalue weighted by Gasteiger charge is 2.37. The molecule has 1 fully saturated rings. The molecular weight excluding hydrogens is 186 g/mol. The number of carbonyl (C=O) groups is 1. The van der Waals surface area contributed by atoms with Crippen LogP contribution >= 0.6 is 0 Å². The monoisotopic (exact) mass is 203 g/mol. The van der Waals surface area contributed by atoms with Crippen molar-refractivity contribution in [2.75, 3.05) is 0 Å². The van der Waals surface area contributed by atoms with Crippen LogP contribution in [0.1, 0.15) is 36.8 Å². The van der Waals surface area contributed by atoms with Gasteiger partial charge in [-0.1, -0.05) is 36.2 Å². The lowest BCUT2D eigenvalue weighted by atomic mass is 9.76. The van der Waals surface area contributed by atoms with E-state index in [0.29, 0.717) is 6.42 Å². The highest BCUT2D eigenvalue weighted by Crippen LogP contribution is 2.31. The number of hydrogen-bond acceptors (Lipinski definition) is 2. The quantitative estimate of drug-likeness (QED) is 0.761. The van der Waals surface area contributed by atoms with Crippen LogP contribution < -0.4 is 5.73 Å². The Morgan fingerprint density at radius 3 is 2.47 bits per heavy atom. The third-order valence-corrected chi connectivity index (χ3v) is 3.29. The summed E-state index contributed by atoms with van der Waals surface area (Å²) in [6.07, 6.45) is 3.46. The zero-order chi connectivity index (χ0) is 10.9. The minimum absolute atomic E-state index is 0.192. The molecule has 0 amide bonds. The summed E-state index contributed by atoms with van der Waals surface area (Å²) >= 11 is 0. The number of hydrogen-bond donors (Lipinski definition) is 1. The molecule has 0 unspecified atom stereocenters. The van der Waals surface area contributed by atoms with Crippen LogP contribution in [0.4, 0.5) is 0 Å². The molecule has 0 aliphatic heterocycles. The first-order valence-corrected chi connectivity index (χ1v) is 5.52. The summed E-state index contributed by atoms with van der Waals surface area (Å²) in [6, 6.07) is 8.01. The first-order valence-electron chi connectivity index (χ1n) is 5.52. The molecule has 0 heterocycles. The highest BCUT2D eigenvalue weighted by molar-refractivity contribution is 5.90. The topological polar surface area (TPSA) is 43.1 Å². The maximum Gasteiger partial charge on any atom is 0.157 e. The Kier molecular flexibility index (Phi) is 2.61. The molecule has 0 aromatic heterocycles. The third-order valence-electron chi connectivity index (χ3n) is 3.29. The molecule has 1 saturated carbocycles. The summed E-state index contributed by atoms with van der Waals surface area (Å²) in [5.41, 5.74) is 7.68. The largest absolute Gasteiger partial charge is 0.315 e. The van der Waals surface area contributed by atoms with Crippen molar-refractivity contribution in [2.45, 2.75) is 38.1 Å². The van der Waals surface area contributed by atoms with Crippen LogP contribution in [0.3, 0.4) is 0 Å². The molecule has 1 aliphatic rings. The maximum atomic E-state index is 11.9. The van der Waals surface area contributed by atoms with E-state index in [9.17, 15) is 4.79 Å². The normalized spacial score (nSPS) is 26.7. The summed E-state index contributed by atoms with van der Waals surface area (Å²) in [5.74, 6) is 0.192. The van der Waals surface area contributed by atoms with Crippen molar-refractivity contribution in [1.82, 2.24) is 0 Å². The number of rotatable bonds is 1. The molecule has 2 nitrogen and oxygen atoms in total. The van der Waals surface area contributed by atoms with Gasteiger partial charge in [-0.25, -0.2) is 0 Å². The fraction of sp³-hybridized carbons (Fsp3) is 0.462. The third kappa shape index (κ3) is 1.82. The Morgan fingerprint density at radius 2 is 1.87 bits per heavy atom. The molecular formula is C13H17NO. The molecule has 2 heteroatoms. The number of ketones is 1. The SMILES string of the molecule is Cc1ccc([C@@]2(N)CCCCC2=O)cc1. The zero-order valence-corrected chi connectivity index (χ0v) is 9.12. The van der Waals surface area contributed by atoms with Gasteiger partial charge in [0.15, 0.2) is 5.78 Å². The van der Waals surface area contributed by atoms with E-state index in [2.05, 4.69) is 0 Å². The number of carbonyl (C=O) groups excluding carboxylic acids is 1. The minimum Gasteiger partial charge on any atom is -0.315 e. The second-order valence-corrected chi connectivity index (χ2v) is 4.47. The molecule has 2 N–H and O–H groups in total. The molecule has 1 aromatic carbocycles. The molecule has 1 aliphatic carbocycles. The van der Waals surface area contributed by atoms with Gasteiger partial charge in [-0.2, -0.15) is 0 Å². The summed E-state index contributed by atoms with van der Waals surface area (Å²) < 4.78 is 0. The van der Waals surface area contributed by atoms with Gasteiger partial charge in [0.1, 0.15) is 5.54 Å². The smallest absolute Gasteiger partial charge is 0.157 e. The average molecular weight is 203 g/mol. The van der Waals surface area contributed by atoms with Gasteiger partial charge in [0.05, 0.1) is 0 Å². The van der Waals surface area contributed by atoms with Gasteiger partial charge < -0.3 is 5.73 Å². The van der Waals surface area contributed by atoms with E-state index >= 15 is 0 Å². The number of benzene rings is 1. The lowest BCUT2D eigenvalue weighted by Gasteiger charge is -2.32. The number of nitrogens with two attached hydrogens (primary N) is 1. The fourth-order valence-electron chi connectivity index (χ4n) is 2.21. The molecule has 1 aromatic rings. The van der Waals surface area contributed by atoms with Gasteiger partial charge in [-0.05, 0) is 25.3 Å². The van der Waals surface area contributed by atoms with Crippen LogP contribution in [0.25, 0.3) is 0 Å². The Labute approximate surface area is 90.5 Å². The van der Waals surface area contributed by atoms with Gasteiger partial charge in [0.25, 0.3) is 0 Å². The number of Topliss-reactive ketones (excluding diaryl/α,β-unsaturated/α-hetero) is 1. The lowest BCUT2D eigenvalue weighted by Crippen LogP contribution is -2.46. The van der Waals surface area contributed by atoms with Crippen molar-refractivity contribution in [1.29, 1.82) is 0 Å². The first kappa shape index (κ1) is 10.4. The van der Waals surface area contributed by atoms with E-state index < -0.39 is 5.54 Å². The van der Waals surface area contributed by atoms with Crippen molar-refractivity contribution >= 4 is 5.78 Å². The van der Waals surface area contributed by atoms with E-state index in [4.69, 9.17) is 5.73 Å². The standard InChI is InChI=1S/C13H17NO/c1-10-5-7-11(8-6-10)13(14)9-3-2-4-12(13)15/h5-8H,2-4,9,14H2,1H3/t13-/m0/s1. The van der Waals surface area contributed by atoms with Gasteiger partial charge in [0, 0.05) is 6.42 Å². The minimum atomic E-state index is -0.716. The van der Waals surface area contributed by atoms with Gasteiger partial charge in [-0.15, -0.1) is 0 Å². The Morgan fingerprint density at radius 1 is 1.20 bits per heavy atom. The van der Waals surface area contributed by atoms with Crippen LogP contribution in [0, 0.1) is 6.92 Å². The van der Waals surface area contributed by atoms with Crippen LogP contribution in [-0.2, 0) is 10.3 Å². The molecule has 0 spiro atoms. The van der Waals surface area contributed by atoms with E-state index in [1.54, 1.807) is 0 Å². The zero-order valence-electron chi connectivity index (χ0n) is 9.12. The van der Waals surface area contributed by atoms with Crippen molar-refractivity contribution in [3.8, 4) is 0 Å². The average Bonchev–Trinajstić information content (AvgIpc) is 2.23. The Bertz CT molecular complexity index is 369. The second kappa shape index (κ2) is 3.78. The predicted octanol–water partition coefficient (Wildman–Crippen LogP) is 2.29. The van der Waals surface area contributed by atoms with Crippen molar-refractivity contribution in [3.05, 3.63) is 35.4 Å². The lowest BCUT2D eigenvalue weighted by molar-refractivity contribution is -0.126. The summed E-state index contributed by atoms with van der Waals surface area (Å²) in [7, 11) is 0. The molecule has 2 rings (SSSR count). The number of aryl methyl sites for hydroxylation is 1. The predicted molar refractivity (Wildman–Crippen MR) is 60.5 cm³/mol. The highest BCUT2D eigenvalue weighted by atomic mass is 16.1.